The lowest BCUT2D eigenvalue weighted by molar-refractivity contribution is -0.131. The molecule has 0 aromatic rings. The lowest BCUT2D eigenvalue weighted by atomic mass is 9.98. The third-order valence-electron chi connectivity index (χ3n) is 3.59. The van der Waals surface area contributed by atoms with Gasteiger partial charge in [-0.15, -0.1) is 0 Å². The maximum absolute atomic E-state index is 11.8. The van der Waals surface area contributed by atoms with Crippen LogP contribution in [0.1, 0.15) is 26.7 Å². The Morgan fingerprint density at radius 2 is 2.47 bits per heavy atom. The highest BCUT2D eigenvalue weighted by molar-refractivity contribution is 5.81. The van der Waals surface area contributed by atoms with Gasteiger partial charge in [0.15, 0.2) is 0 Å². The second-order valence-electron chi connectivity index (χ2n) is 4.47. The first-order chi connectivity index (χ1) is 7.24. The molecule has 2 fully saturated rings. The fourth-order valence-electron chi connectivity index (χ4n) is 2.58. The molecule has 4 heteroatoms. The summed E-state index contributed by atoms with van der Waals surface area (Å²) in [7, 11) is 0. The van der Waals surface area contributed by atoms with E-state index < -0.39 is 0 Å². The Labute approximate surface area is 91.0 Å². The van der Waals surface area contributed by atoms with Gasteiger partial charge in [0.2, 0.25) is 5.91 Å². The van der Waals surface area contributed by atoms with Crippen LogP contribution in [0.3, 0.4) is 0 Å². The van der Waals surface area contributed by atoms with E-state index in [1.165, 1.54) is 0 Å². The predicted molar refractivity (Wildman–Crippen MR) is 57.3 cm³/mol. The molecule has 2 saturated heterocycles. The third-order valence-corrected chi connectivity index (χ3v) is 3.59. The van der Waals surface area contributed by atoms with Gasteiger partial charge in [-0.05, 0) is 19.8 Å². The quantitative estimate of drug-likeness (QED) is 0.744. The van der Waals surface area contributed by atoms with Crippen LogP contribution in [0.4, 0.5) is 0 Å². The SMILES string of the molecule is CCC1NCC(=O)N1C(C)C1CCOC1. The molecule has 0 aliphatic carbocycles. The normalized spacial score (nSPS) is 33.7. The number of amides is 1. The Balaban J connectivity index is 2.03. The number of carbonyl (C=O) groups is 1. The number of hydrogen-bond donors (Lipinski definition) is 1. The van der Waals surface area contributed by atoms with Gasteiger partial charge in [0.05, 0.1) is 19.3 Å². The lowest BCUT2D eigenvalue weighted by Crippen LogP contribution is -2.46. The smallest absolute Gasteiger partial charge is 0.238 e. The zero-order valence-electron chi connectivity index (χ0n) is 9.53. The van der Waals surface area contributed by atoms with Gasteiger partial charge < -0.3 is 9.64 Å². The summed E-state index contributed by atoms with van der Waals surface area (Å²) >= 11 is 0. The highest BCUT2D eigenvalue weighted by Crippen LogP contribution is 2.24. The Morgan fingerprint density at radius 1 is 1.67 bits per heavy atom. The molecule has 0 saturated carbocycles. The maximum Gasteiger partial charge on any atom is 0.238 e. The van der Waals surface area contributed by atoms with Crippen LogP contribution >= 0.6 is 0 Å². The predicted octanol–water partition coefficient (Wildman–Crippen LogP) is 0.579. The van der Waals surface area contributed by atoms with Crippen LogP contribution < -0.4 is 5.32 Å². The van der Waals surface area contributed by atoms with Crippen molar-refractivity contribution in [2.45, 2.75) is 38.9 Å². The molecule has 1 N–H and O–H groups in total. The molecular weight excluding hydrogens is 192 g/mol. The van der Waals surface area contributed by atoms with E-state index in [4.69, 9.17) is 4.74 Å². The largest absolute Gasteiger partial charge is 0.381 e. The minimum Gasteiger partial charge on any atom is -0.381 e. The van der Waals surface area contributed by atoms with Crippen molar-refractivity contribution in [1.82, 2.24) is 10.2 Å². The summed E-state index contributed by atoms with van der Waals surface area (Å²) in [6.45, 7) is 6.41. The fraction of sp³-hybridized carbons (Fsp3) is 0.909. The Morgan fingerprint density at radius 3 is 3.07 bits per heavy atom. The van der Waals surface area contributed by atoms with Crippen molar-refractivity contribution in [3.05, 3.63) is 0 Å². The molecule has 4 nitrogen and oxygen atoms in total. The fourth-order valence-corrected chi connectivity index (χ4v) is 2.58. The minimum atomic E-state index is 0.230. The van der Waals surface area contributed by atoms with Crippen LogP contribution in [0, 0.1) is 5.92 Å². The van der Waals surface area contributed by atoms with E-state index in [-0.39, 0.29) is 12.1 Å². The highest BCUT2D eigenvalue weighted by Gasteiger charge is 2.37. The molecule has 0 aromatic carbocycles. The summed E-state index contributed by atoms with van der Waals surface area (Å²) in [6.07, 6.45) is 2.29. The molecule has 2 aliphatic rings. The van der Waals surface area contributed by atoms with Gasteiger partial charge in [-0.2, -0.15) is 0 Å². The van der Waals surface area contributed by atoms with Crippen LogP contribution in [0.25, 0.3) is 0 Å². The van der Waals surface area contributed by atoms with E-state index in [0.717, 1.165) is 26.1 Å². The molecule has 86 valence electrons. The van der Waals surface area contributed by atoms with Gasteiger partial charge in [-0.1, -0.05) is 6.92 Å². The minimum absolute atomic E-state index is 0.230. The van der Waals surface area contributed by atoms with Crippen molar-refractivity contribution in [1.29, 1.82) is 0 Å². The zero-order chi connectivity index (χ0) is 10.8. The van der Waals surface area contributed by atoms with Gasteiger partial charge in [-0.3, -0.25) is 10.1 Å². The van der Waals surface area contributed by atoms with Crippen LogP contribution in [-0.4, -0.2) is 42.8 Å². The molecule has 0 aromatic heterocycles. The summed E-state index contributed by atoms with van der Waals surface area (Å²) < 4.78 is 5.38. The molecule has 0 radical (unpaired) electrons. The van der Waals surface area contributed by atoms with Gasteiger partial charge in [-0.25, -0.2) is 0 Å². The summed E-state index contributed by atoms with van der Waals surface area (Å²) in [5.74, 6) is 0.754. The number of nitrogens with zero attached hydrogens (tertiary/aromatic N) is 1. The second-order valence-corrected chi connectivity index (χ2v) is 4.47. The summed E-state index contributed by atoms with van der Waals surface area (Å²) in [4.78, 5) is 13.8. The van der Waals surface area contributed by atoms with E-state index in [0.29, 0.717) is 18.5 Å². The molecular formula is C11H20N2O2. The van der Waals surface area contributed by atoms with Crippen molar-refractivity contribution in [2.75, 3.05) is 19.8 Å². The number of hydrogen-bond acceptors (Lipinski definition) is 3. The Bertz CT molecular complexity index is 239. The van der Waals surface area contributed by atoms with E-state index in [9.17, 15) is 4.79 Å². The third kappa shape index (κ3) is 2.01. The first-order valence-corrected chi connectivity index (χ1v) is 5.86. The first-order valence-electron chi connectivity index (χ1n) is 5.86. The van der Waals surface area contributed by atoms with Crippen molar-refractivity contribution >= 4 is 5.91 Å². The zero-order valence-corrected chi connectivity index (χ0v) is 9.53. The van der Waals surface area contributed by atoms with Crippen LogP contribution in [0.5, 0.6) is 0 Å². The Kier molecular flexibility index (Phi) is 3.26. The standard InChI is InChI=1S/C11H20N2O2/c1-3-10-12-6-11(14)13(10)8(2)9-4-5-15-7-9/h8-10,12H,3-7H2,1-2H3. The molecule has 3 atom stereocenters. The van der Waals surface area contributed by atoms with Gasteiger partial charge in [0.1, 0.15) is 0 Å². The van der Waals surface area contributed by atoms with E-state index >= 15 is 0 Å². The number of carbonyl (C=O) groups excluding carboxylic acids is 1. The van der Waals surface area contributed by atoms with Gasteiger partial charge in [0, 0.05) is 18.6 Å². The van der Waals surface area contributed by atoms with Crippen molar-refractivity contribution < 1.29 is 9.53 Å². The molecule has 2 rings (SSSR count). The molecule has 1 amide bonds. The molecule has 0 bridgehead atoms. The van der Waals surface area contributed by atoms with Crippen molar-refractivity contribution in [3.63, 3.8) is 0 Å². The monoisotopic (exact) mass is 212 g/mol. The van der Waals surface area contributed by atoms with Crippen LogP contribution in [-0.2, 0) is 9.53 Å². The topological polar surface area (TPSA) is 41.6 Å². The average Bonchev–Trinajstić information content (AvgIpc) is 2.85. The lowest BCUT2D eigenvalue weighted by Gasteiger charge is -2.33. The number of rotatable bonds is 3. The summed E-state index contributed by atoms with van der Waals surface area (Å²) in [6, 6.07) is 0.306. The van der Waals surface area contributed by atoms with Gasteiger partial charge in [0.25, 0.3) is 0 Å². The molecule has 15 heavy (non-hydrogen) atoms. The molecule has 2 heterocycles. The molecule has 2 aliphatic heterocycles. The Hall–Kier alpha value is -0.610. The highest BCUT2D eigenvalue weighted by atomic mass is 16.5. The first kappa shape index (κ1) is 10.9. The van der Waals surface area contributed by atoms with E-state index in [2.05, 4.69) is 19.2 Å². The molecule has 3 unspecified atom stereocenters. The summed E-state index contributed by atoms with van der Waals surface area (Å²) in [5, 5.41) is 3.25. The van der Waals surface area contributed by atoms with E-state index in [1.54, 1.807) is 0 Å². The molecule has 0 spiro atoms. The maximum atomic E-state index is 11.8. The summed E-state index contributed by atoms with van der Waals surface area (Å²) in [5.41, 5.74) is 0. The van der Waals surface area contributed by atoms with Crippen molar-refractivity contribution in [3.8, 4) is 0 Å². The van der Waals surface area contributed by atoms with Gasteiger partial charge >= 0.3 is 0 Å². The second kappa shape index (κ2) is 4.49. The van der Waals surface area contributed by atoms with Crippen molar-refractivity contribution in [2.24, 2.45) is 5.92 Å². The average molecular weight is 212 g/mol. The van der Waals surface area contributed by atoms with Crippen LogP contribution in [0.15, 0.2) is 0 Å². The van der Waals surface area contributed by atoms with E-state index in [1.807, 2.05) is 4.90 Å². The number of ether oxygens (including phenoxy) is 1. The number of nitrogens with one attached hydrogen (secondary N) is 1. The van der Waals surface area contributed by atoms with Crippen LogP contribution in [0.2, 0.25) is 0 Å².